The standard InChI is InChI=1S/C13H13F2N3OS/c1-7-17-5-8(20-7)6-18(2)13(19)11-9(14)3-4-10(16)12(11)15/h3-5H,6,16H2,1-2H3. The fourth-order valence-corrected chi connectivity index (χ4v) is 2.59. The van der Waals surface area contributed by atoms with E-state index >= 15 is 0 Å². The molecule has 1 aromatic heterocycles. The van der Waals surface area contributed by atoms with Crippen LogP contribution in [0, 0.1) is 18.6 Å². The molecule has 1 heterocycles. The predicted molar refractivity (Wildman–Crippen MR) is 73.4 cm³/mol. The van der Waals surface area contributed by atoms with Crippen LogP contribution in [0.25, 0.3) is 0 Å². The Labute approximate surface area is 118 Å². The lowest BCUT2D eigenvalue weighted by atomic mass is 10.1. The highest BCUT2D eigenvalue weighted by Crippen LogP contribution is 2.21. The number of hydrogen-bond acceptors (Lipinski definition) is 4. The lowest BCUT2D eigenvalue weighted by molar-refractivity contribution is 0.0777. The van der Waals surface area contributed by atoms with Gasteiger partial charge in [0.2, 0.25) is 0 Å². The zero-order chi connectivity index (χ0) is 14.9. The van der Waals surface area contributed by atoms with Gasteiger partial charge in [0, 0.05) is 18.1 Å². The summed E-state index contributed by atoms with van der Waals surface area (Å²) in [6.07, 6.45) is 1.63. The topological polar surface area (TPSA) is 59.2 Å². The molecule has 2 N–H and O–H groups in total. The van der Waals surface area contributed by atoms with Crippen molar-refractivity contribution in [2.75, 3.05) is 12.8 Å². The number of thiazole rings is 1. The number of carbonyl (C=O) groups is 1. The van der Waals surface area contributed by atoms with Crippen LogP contribution in [0.1, 0.15) is 20.2 Å². The third-order valence-corrected chi connectivity index (χ3v) is 3.64. The molecular weight excluding hydrogens is 284 g/mol. The molecule has 0 fully saturated rings. The number of rotatable bonds is 3. The summed E-state index contributed by atoms with van der Waals surface area (Å²) >= 11 is 1.42. The van der Waals surface area contributed by atoms with E-state index in [9.17, 15) is 13.6 Å². The van der Waals surface area contributed by atoms with Crippen molar-refractivity contribution in [3.63, 3.8) is 0 Å². The lowest BCUT2D eigenvalue weighted by Gasteiger charge is -2.17. The molecule has 0 radical (unpaired) electrons. The number of anilines is 1. The maximum atomic E-state index is 13.8. The molecule has 106 valence electrons. The van der Waals surface area contributed by atoms with E-state index < -0.39 is 23.1 Å². The smallest absolute Gasteiger partial charge is 0.259 e. The van der Waals surface area contributed by atoms with Crippen molar-refractivity contribution in [3.8, 4) is 0 Å². The molecule has 0 bridgehead atoms. The summed E-state index contributed by atoms with van der Waals surface area (Å²) in [6, 6.07) is 2.07. The molecule has 0 aliphatic heterocycles. The third kappa shape index (κ3) is 2.77. The highest BCUT2D eigenvalue weighted by atomic mass is 32.1. The summed E-state index contributed by atoms with van der Waals surface area (Å²) < 4.78 is 27.4. The highest BCUT2D eigenvalue weighted by molar-refractivity contribution is 7.11. The Hall–Kier alpha value is -2.02. The van der Waals surface area contributed by atoms with E-state index in [-0.39, 0.29) is 12.2 Å². The molecule has 20 heavy (non-hydrogen) atoms. The Balaban J connectivity index is 2.25. The first-order chi connectivity index (χ1) is 9.40. The number of aryl methyl sites for hydroxylation is 1. The maximum Gasteiger partial charge on any atom is 0.259 e. The Morgan fingerprint density at radius 3 is 2.75 bits per heavy atom. The van der Waals surface area contributed by atoms with Crippen molar-refractivity contribution < 1.29 is 13.6 Å². The van der Waals surface area contributed by atoms with Crippen molar-refractivity contribution in [2.24, 2.45) is 0 Å². The van der Waals surface area contributed by atoms with Gasteiger partial charge in [-0.2, -0.15) is 0 Å². The van der Waals surface area contributed by atoms with Gasteiger partial charge in [0.25, 0.3) is 5.91 Å². The molecule has 0 unspecified atom stereocenters. The SMILES string of the molecule is Cc1ncc(CN(C)C(=O)c2c(F)ccc(N)c2F)s1. The summed E-state index contributed by atoms with van der Waals surface area (Å²) in [5, 5.41) is 0.863. The van der Waals surface area contributed by atoms with Crippen LogP contribution in [0.2, 0.25) is 0 Å². The van der Waals surface area contributed by atoms with Gasteiger partial charge in [0.05, 0.1) is 17.2 Å². The average molecular weight is 297 g/mol. The second kappa shape index (κ2) is 5.54. The first-order valence-corrected chi connectivity index (χ1v) is 6.62. The summed E-state index contributed by atoms with van der Waals surface area (Å²) in [5.41, 5.74) is 4.48. The quantitative estimate of drug-likeness (QED) is 0.886. The van der Waals surface area contributed by atoms with Crippen LogP contribution in [0.4, 0.5) is 14.5 Å². The minimum absolute atomic E-state index is 0.234. The number of hydrogen-bond donors (Lipinski definition) is 1. The number of halogens is 2. The number of amides is 1. The molecule has 0 atom stereocenters. The van der Waals surface area contributed by atoms with Crippen molar-refractivity contribution in [1.82, 2.24) is 9.88 Å². The maximum absolute atomic E-state index is 13.8. The molecule has 0 saturated heterocycles. The summed E-state index contributed by atoms with van der Waals surface area (Å²) in [7, 11) is 1.47. The molecule has 4 nitrogen and oxygen atoms in total. The van der Waals surface area contributed by atoms with Gasteiger partial charge in [-0.3, -0.25) is 4.79 Å². The Kier molecular flexibility index (Phi) is 3.99. The van der Waals surface area contributed by atoms with Crippen molar-refractivity contribution >= 4 is 22.9 Å². The van der Waals surface area contributed by atoms with Crippen LogP contribution >= 0.6 is 11.3 Å². The van der Waals surface area contributed by atoms with Gasteiger partial charge in [-0.15, -0.1) is 11.3 Å². The number of benzene rings is 1. The van der Waals surface area contributed by atoms with Gasteiger partial charge in [-0.1, -0.05) is 0 Å². The Bertz CT molecular complexity index is 657. The largest absolute Gasteiger partial charge is 0.396 e. The number of aromatic nitrogens is 1. The zero-order valence-electron chi connectivity index (χ0n) is 11.0. The van der Waals surface area contributed by atoms with Crippen LogP contribution in [0.5, 0.6) is 0 Å². The van der Waals surface area contributed by atoms with Gasteiger partial charge in [0.1, 0.15) is 11.4 Å². The molecule has 0 spiro atoms. The zero-order valence-corrected chi connectivity index (χ0v) is 11.8. The van der Waals surface area contributed by atoms with E-state index in [1.807, 2.05) is 6.92 Å². The number of nitrogens with two attached hydrogens (primary N) is 1. The minimum Gasteiger partial charge on any atom is -0.396 e. The normalized spacial score (nSPS) is 10.6. The van der Waals surface area contributed by atoms with Crippen LogP contribution < -0.4 is 5.73 Å². The molecule has 0 aliphatic carbocycles. The van der Waals surface area contributed by atoms with Gasteiger partial charge in [-0.25, -0.2) is 13.8 Å². The molecular formula is C13H13F2N3OS. The van der Waals surface area contributed by atoms with Gasteiger partial charge >= 0.3 is 0 Å². The van der Waals surface area contributed by atoms with Crippen LogP contribution in [0.3, 0.4) is 0 Å². The highest BCUT2D eigenvalue weighted by Gasteiger charge is 2.23. The lowest BCUT2D eigenvalue weighted by Crippen LogP contribution is -2.28. The fourth-order valence-electron chi connectivity index (χ4n) is 1.74. The summed E-state index contributed by atoms with van der Waals surface area (Å²) in [6.45, 7) is 2.07. The van der Waals surface area contributed by atoms with Gasteiger partial charge in [-0.05, 0) is 19.1 Å². The van der Waals surface area contributed by atoms with E-state index in [0.29, 0.717) is 0 Å². The van der Waals surface area contributed by atoms with Crippen molar-refractivity contribution in [2.45, 2.75) is 13.5 Å². The van der Waals surface area contributed by atoms with Crippen molar-refractivity contribution in [3.05, 3.63) is 45.4 Å². The molecule has 2 rings (SSSR count). The minimum atomic E-state index is -1.03. The Morgan fingerprint density at radius 1 is 1.45 bits per heavy atom. The van der Waals surface area contributed by atoms with Crippen LogP contribution in [-0.2, 0) is 6.54 Å². The summed E-state index contributed by atoms with van der Waals surface area (Å²) in [4.78, 5) is 18.3. The molecule has 0 saturated carbocycles. The number of nitrogens with zero attached hydrogens (tertiary/aromatic N) is 2. The Morgan fingerprint density at radius 2 is 2.15 bits per heavy atom. The van der Waals surface area contributed by atoms with E-state index in [4.69, 9.17) is 5.73 Å². The van der Waals surface area contributed by atoms with Gasteiger partial charge < -0.3 is 10.6 Å². The number of nitrogen functional groups attached to an aromatic ring is 1. The third-order valence-electron chi connectivity index (χ3n) is 2.74. The molecule has 7 heteroatoms. The van der Waals surface area contributed by atoms with Crippen LogP contribution in [0.15, 0.2) is 18.3 Å². The summed E-state index contributed by atoms with van der Waals surface area (Å²) in [5.74, 6) is -2.70. The van der Waals surface area contributed by atoms with E-state index in [0.717, 1.165) is 22.0 Å². The van der Waals surface area contributed by atoms with E-state index in [2.05, 4.69) is 4.98 Å². The van der Waals surface area contributed by atoms with Crippen molar-refractivity contribution in [1.29, 1.82) is 0 Å². The second-order valence-electron chi connectivity index (χ2n) is 4.33. The molecule has 1 aromatic carbocycles. The second-order valence-corrected chi connectivity index (χ2v) is 5.65. The molecule has 0 aliphatic rings. The van der Waals surface area contributed by atoms with E-state index in [1.54, 1.807) is 6.20 Å². The molecule has 2 aromatic rings. The van der Waals surface area contributed by atoms with E-state index in [1.165, 1.54) is 23.3 Å². The molecule has 1 amide bonds. The first kappa shape index (κ1) is 14.4. The average Bonchev–Trinajstić information content (AvgIpc) is 2.79. The van der Waals surface area contributed by atoms with Crippen LogP contribution in [-0.4, -0.2) is 22.8 Å². The fraction of sp³-hybridized carbons (Fsp3) is 0.231. The predicted octanol–water partition coefficient (Wildman–Crippen LogP) is 2.58. The number of carbonyl (C=O) groups excluding carboxylic acids is 1. The monoisotopic (exact) mass is 297 g/mol. The van der Waals surface area contributed by atoms with Gasteiger partial charge in [0.15, 0.2) is 5.82 Å². The first-order valence-electron chi connectivity index (χ1n) is 5.80.